The fraction of sp³-hybridized carbons (Fsp3) is 0.333. The van der Waals surface area contributed by atoms with Crippen molar-refractivity contribution < 1.29 is 4.74 Å². The summed E-state index contributed by atoms with van der Waals surface area (Å²) in [5, 5.41) is 3.25. The molecular formula is C21H24N2O. The van der Waals surface area contributed by atoms with E-state index >= 15 is 0 Å². The molecule has 1 saturated heterocycles. The van der Waals surface area contributed by atoms with Crippen LogP contribution in [0.15, 0.2) is 54.9 Å². The number of hydrogen-bond acceptors (Lipinski definition) is 3. The Bertz CT molecular complexity index is 728. The summed E-state index contributed by atoms with van der Waals surface area (Å²) in [6.07, 6.45) is 6.01. The van der Waals surface area contributed by atoms with Gasteiger partial charge in [0.2, 0.25) is 0 Å². The van der Waals surface area contributed by atoms with Crippen LogP contribution in [0.5, 0.6) is 5.75 Å². The summed E-state index contributed by atoms with van der Waals surface area (Å²) in [6.45, 7) is 5.50. The number of piperidine rings is 1. The molecule has 3 heteroatoms. The Morgan fingerprint density at radius 1 is 1.08 bits per heavy atom. The minimum Gasteiger partial charge on any atom is -0.461 e. The van der Waals surface area contributed by atoms with Gasteiger partial charge in [0.15, 0.2) is 0 Å². The Morgan fingerprint density at radius 2 is 1.88 bits per heavy atom. The van der Waals surface area contributed by atoms with Crippen molar-refractivity contribution in [2.45, 2.75) is 32.2 Å². The Labute approximate surface area is 143 Å². The lowest BCUT2D eigenvalue weighted by Gasteiger charge is -2.32. The second-order valence-electron chi connectivity index (χ2n) is 6.86. The molecule has 0 spiro atoms. The SMILES string of the molecule is Cc1ccc(C2CCN(Cc3ccc4c(c3)NC=CO4)CC2)cc1. The molecule has 2 aromatic rings. The molecule has 2 heterocycles. The number of likely N-dealkylation sites (tertiary alicyclic amines) is 1. The van der Waals surface area contributed by atoms with Crippen molar-refractivity contribution >= 4 is 5.69 Å². The maximum atomic E-state index is 5.48. The zero-order valence-corrected chi connectivity index (χ0v) is 14.2. The molecule has 0 bridgehead atoms. The highest BCUT2D eigenvalue weighted by atomic mass is 16.5. The lowest BCUT2D eigenvalue weighted by Crippen LogP contribution is -2.32. The van der Waals surface area contributed by atoms with Crippen molar-refractivity contribution in [2.75, 3.05) is 18.4 Å². The smallest absolute Gasteiger partial charge is 0.150 e. The number of rotatable bonds is 3. The third-order valence-corrected chi connectivity index (χ3v) is 5.09. The summed E-state index contributed by atoms with van der Waals surface area (Å²) in [6, 6.07) is 15.5. The third kappa shape index (κ3) is 3.31. The van der Waals surface area contributed by atoms with Gasteiger partial charge in [0.25, 0.3) is 0 Å². The minimum atomic E-state index is 0.714. The Hall–Kier alpha value is -2.26. The first-order valence-electron chi connectivity index (χ1n) is 8.78. The average molecular weight is 320 g/mol. The normalized spacial score (nSPS) is 17.9. The molecule has 0 aromatic heterocycles. The van der Waals surface area contributed by atoms with Gasteiger partial charge in [0.05, 0.1) is 5.69 Å². The fourth-order valence-corrected chi connectivity index (χ4v) is 3.64. The number of nitrogens with one attached hydrogen (secondary N) is 1. The predicted molar refractivity (Wildman–Crippen MR) is 98.3 cm³/mol. The number of hydrogen-bond donors (Lipinski definition) is 1. The van der Waals surface area contributed by atoms with Crippen LogP contribution in [0, 0.1) is 6.92 Å². The third-order valence-electron chi connectivity index (χ3n) is 5.09. The minimum absolute atomic E-state index is 0.714. The molecule has 0 atom stereocenters. The van der Waals surface area contributed by atoms with Gasteiger partial charge in [-0.25, -0.2) is 0 Å². The van der Waals surface area contributed by atoms with Gasteiger partial charge >= 0.3 is 0 Å². The van der Waals surface area contributed by atoms with E-state index < -0.39 is 0 Å². The van der Waals surface area contributed by atoms with Crippen molar-refractivity contribution in [3.63, 3.8) is 0 Å². The predicted octanol–water partition coefficient (Wildman–Crippen LogP) is 4.65. The molecule has 0 aliphatic carbocycles. The topological polar surface area (TPSA) is 24.5 Å². The molecule has 2 aliphatic rings. The molecule has 1 fully saturated rings. The number of fused-ring (bicyclic) bond motifs is 1. The molecule has 0 radical (unpaired) electrons. The van der Waals surface area contributed by atoms with E-state index in [9.17, 15) is 0 Å². The van der Waals surface area contributed by atoms with Crippen LogP contribution in [0.25, 0.3) is 0 Å². The quantitative estimate of drug-likeness (QED) is 0.891. The van der Waals surface area contributed by atoms with Gasteiger partial charge in [0.1, 0.15) is 12.0 Å². The molecule has 124 valence electrons. The standard InChI is InChI=1S/C21H24N2O/c1-16-2-5-18(6-3-16)19-8-11-23(12-9-19)15-17-4-7-21-20(14-17)22-10-13-24-21/h2-7,10,13-14,19,22H,8-9,11-12,15H2,1H3. The van der Waals surface area contributed by atoms with E-state index in [0.29, 0.717) is 5.92 Å². The second-order valence-corrected chi connectivity index (χ2v) is 6.86. The summed E-state index contributed by atoms with van der Waals surface area (Å²) in [7, 11) is 0. The van der Waals surface area contributed by atoms with Crippen LogP contribution < -0.4 is 10.1 Å². The van der Waals surface area contributed by atoms with Gasteiger partial charge in [-0.15, -0.1) is 0 Å². The van der Waals surface area contributed by atoms with Gasteiger partial charge in [-0.2, -0.15) is 0 Å². The van der Waals surface area contributed by atoms with Gasteiger partial charge in [-0.3, -0.25) is 4.90 Å². The monoisotopic (exact) mass is 320 g/mol. The van der Waals surface area contributed by atoms with Crippen molar-refractivity contribution in [1.29, 1.82) is 0 Å². The molecule has 3 nitrogen and oxygen atoms in total. The first-order valence-corrected chi connectivity index (χ1v) is 8.78. The highest BCUT2D eigenvalue weighted by molar-refractivity contribution is 5.61. The van der Waals surface area contributed by atoms with E-state index in [1.165, 1.54) is 42.6 Å². The van der Waals surface area contributed by atoms with Crippen molar-refractivity contribution in [2.24, 2.45) is 0 Å². The molecular weight excluding hydrogens is 296 g/mol. The van der Waals surface area contributed by atoms with Gasteiger partial charge in [-0.05, 0) is 62.0 Å². The van der Waals surface area contributed by atoms with Crippen molar-refractivity contribution in [1.82, 2.24) is 4.90 Å². The Kier molecular flexibility index (Phi) is 4.26. The van der Waals surface area contributed by atoms with E-state index in [0.717, 1.165) is 18.0 Å². The first kappa shape index (κ1) is 15.3. The number of benzene rings is 2. The first-order chi connectivity index (χ1) is 11.8. The van der Waals surface area contributed by atoms with Crippen LogP contribution in [-0.2, 0) is 6.54 Å². The Morgan fingerprint density at radius 3 is 2.67 bits per heavy atom. The van der Waals surface area contributed by atoms with Crippen molar-refractivity contribution in [3.8, 4) is 5.75 Å². The van der Waals surface area contributed by atoms with E-state index in [1.807, 2.05) is 6.20 Å². The highest BCUT2D eigenvalue weighted by Crippen LogP contribution is 2.31. The second kappa shape index (κ2) is 6.70. The molecule has 2 aliphatic heterocycles. The molecule has 1 N–H and O–H groups in total. The van der Waals surface area contributed by atoms with E-state index in [1.54, 1.807) is 6.26 Å². The number of ether oxygens (including phenoxy) is 1. The van der Waals surface area contributed by atoms with Gasteiger partial charge in [-0.1, -0.05) is 35.9 Å². The molecule has 0 amide bonds. The van der Waals surface area contributed by atoms with E-state index in [4.69, 9.17) is 4.74 Å². The van der Waals surface area contributed by atoms with Crippen LogP contribution in [0.2, 0.25) is 0 Å². The summed E-state index contributed by atoms with van der Waals surface area (Å²) < 4.78 is 5.48. The largest absolute Gasteiger partial charge is 0.461 e. The summed E-state index contributed by atoms with van der Waals surface area (Å²) in [4.78, 5) is 2.56. The zero-order chi connectivity index (χ0) is 16.4. The molecule has 2 aromatic carbocycles. The van der Waals surface area contributed by atoms with Crippen molar-refractivity contribution in [3.05, 3.63) is 71.6 Å². The molecule has 0 saturated carbocycles. The van der Waals surface area contributed by atoms with Gasteiger partial charge < -0.3 is 10.1 Å². The number of nitrogens with zero attached hydrogens (tertiary/aromatic N) is 1. The number of aryl methyl sites for hydroxylation is 1. The van der Waals surface area contributed by atoms with Crippen LogP contribution in [0.4, 0.5) is 5.69 Å². The van der Waals surface area contributed by atoms with Crippen LogP contribution >= 0.6 is 0 Å². The molecule has 0 unspecified atom stereocenters. The zero-order valence-electron chi connectivity index (χ0n) is 14.2. The molecule has 4 rings (SSSR count). The summed E-state index contributed by atoms with van der Waals surface area (Å²) in [5.74, 6) is 1.62. The van der Waals surface area contributed by atoms with E-state index in [-0.39, 0.29) is 0 Å². The Balaban J connectivity index is 1.36. The van der Waals surface area contributed by atoms with Gasteiger partial charge in [0, 0.05) is 12.7 Å². The van der Waals surface area contributed by atoms with Crippen LogP contribution in [0.3, 0.4) is 0 Å². The summed E-state index contributed by atoms with van der Waals surface area (Å²) in [5.41, 5.74) is 5.25. The fourth-order valence-electron chi connectivity index (χ4n) is 3.64. The van der Waals surface area contributed by atoms with Crippen LogP contribution in [-0.4, -0.2) is 18.0 Å². The maximum absolute atomic E-state index is 5.48. The average Bonchev–Trinajstić information content (AvgIpc) is 2.63. The highest BCUT2D eigenvalue weighted by Gasteiger charge is 2.21. The maximum Gasteiger partial charge on any atom is 0.150 e. The lowest BCUT2D eigenvalue weighted by molar-refractivity contribution is 0.204. The lowest BCUT2D eigenvalue weighted by atomic mass is 9.89. The van der Waals surface area contributed by atoms with Crippen LogP contribution in [0.1, 0.15) is 35.4 Å². The molecule has 24 heavy (non-hydrogen) atoms. The van der Waals surface area contributed by atoms with E-state index in [2.05, 4.69) is 59.6 Å². The number of anilines is 1. The summed E-state index contributed by atoms with van der Waals surface area (Å²) >= 11 is 0.